The molecule has 0 heterocycles. The van der Waals surface area contributed by atoms with E-state index < -0.39 is 16.8 Å². The van der Waals surface area contributed by atoms with Crippen LogP contribution in [0.25, 0.3) is 0 Å². The van der Waals surface area contributed by atoms with Gasteiger partial charge in [-0.1, -0.05) is 18.5 Å². The molecule has 1 aromatic rings. The van der Waals surface area contributed by atoms with Gasteiger partial charge in [0, 0.05) is 11.4 Å². The Morgan fingerprint density at radius 3 is 2.85 bits per heavy atom. The van der Waals surface area contributed by atoms with Crippen LogP contribution in [-0.2, 0) is 11.0 Å². The molecule has 2 nitrogen and oxygen atoms in total. The van der Waals surface area contributed by atoms with Crippen LogP contribution in [0.15, 0.2) is 18.2 Å². The highest BCUT2D eigenvalue weighted by molar-refractivity contribution is 7.86. The molecular formula is C8H9ClFNOS. The van der Waals surface area contributed by atoms with Gasteiger partial charge in [0.25, 0.3) is 0 Å². The second-order valence-electron chi connectivity index (χ2n) is 2.37. The van der Waals surface area contributed by atoms with Crippen LogP contribution in [0.4, 0.5) is 10.1 Å². The lowest BCUT2D eigenvalue weighted by Crippen LogP contribution is -2.05. The fourth-order valence-electron chi connectivity index (χ4n) is 0.763. The van der Waals surface area contributed by atoms with E-state index >= 15 is 0 Å². The van der Waals surface area contributed by atoms with E-state index in [4.69, 9.17) is 11.6 Å². The zero-order chi connectivity index (χ0) is 9.84. The molecule has 0 aliphatic heterocycles. The van der Waals surface area contributed by atoms with Gasteiger partial charge in [0.1, 0.15) is 16.8 Å². The highest BCUT2D eigenvalue weighted by Gasteiger charge is 2.01. The van der Waals surface area contributed by atoms with E-state index in [1.807, 2.05) is 0 Å². The number of halogens is 2. The van der Waals surface area contributed by atoms with Crippen LogP contribution in [0.3, 0.4) is 0 Å². The van der Waals surface area contributed by atoms with Crippen LogP contribution < -0.4 is 4.72 Å². The van der Waals surface area contributed by atoms with Crippen molar-refractivity contribution in [3.8, 4) is 0 Å². The average Bonchev–Trinajstić information content (AvgIpc) is 2.11. The number of hydrogen-bond acceptors (Lipinski definition) is 1. The summed E-state index contributed by atoms with van der Waals surface area (Å²) in [7, 11) is -1.12. The van der Waals surface area contributed by atoms with Gasteiger partial charge in [-0.2, -0.15) is 0 Å². The predicted octanol–water partition coefficient (Wildman–Crippen LogP) is 2.57. The van der Waals surface area contributed by atoms with E-state index in [2.05, 4.69) is 4.72 Å². The number of nitrogens with one attached hydrogen (secondary N) is 1. The van der Waals surface area contributed by atoms with Crippen LogP contribution in [0, 0.1) is 5.82 Å². The van der Waals surface area contributed by atoms with E-state index in [1.54, 1.807) is 6.92 Å². The summed E-state index contributed by atoms with van der Waals surface area (Å²) in [6.45, 7) is 1.79. The van der Waals surface area contributed by atoms with E-state index in [0.717, 1.165) is 0 Å². The molecule has 0 radical (unpaired) electrons. The van der Waals surface area contributed by atoms with E-state index in [9.17, 15) is 8.60 Å². The van der Waals surface area contributed by atoms with Gasteiger partial charge >= 0.3 is 0 Å². The number of rotatable bonds is 3. The largest absolute Gasteiger partial charge is 0.305 e. The van der Waals surface area contributed by atoms with Crippen molar-refractivity contribution in [2.24, 2.45) is 0 Å². The molecule has 0 bridgehead atoms. The van der Waals surface area contributed by atoms with Crippen molar-refractivity contribution < 1.29 is 8.60 Å². The van der Waals surface area contributed by atoms with Gasteiger partial charge in [0.2, 0.25) is 0 Å². The zero-order valence-electron chi connectivity index (χ0n) is 7.01. The molecule has 5 heteroatoms. The lowest BCUT2D eigenvalue weighted by molar-refractivity contribution is 0.628. The summed E-state index contributed by atoms with van der Waals surface area (Å²) in [5.41, 5.74) is 0.562. The topological polar surface area (TPSA) is 29.1 Å². The molecule has 1 N–H and O–H groups in total. The summed E-state index contributed by atoms with van der Waals surface area (Å²) in [6.07, 6.45) is 0. The summed E-state index contributed by atoms with van der Waals surface area (Å²) < 4.78 is 26.4. The van der Waals surface area contributed by atoms with Crippen molar-refractivity contribution in [2.75, 3.05) is 10.5 Å². The van der Waals surface area contributed by atoms with Gasteiger partial charge in [-0.3, -0.25) is 0 Å². The molecule has 13 heavy (non-hydrogen) atoms. The summed E-state index contributed by atoms with van der Waals surface area (Å²) in [5.74, 6) is 0.0177. The molecule has 0 aliphatic rings. The third-order valence-electron chi connectivity index (χ3n) is 1.41. The van der Waals surface area contributed by atoms with Gasteiger partial charge in [-0.15, -0.1) is 0 Å². The SMILES string of the molecule is CCS(=O)Nc1ccc(F)c(Cl)c1. The third-order valence-corrected chi connectivity index (χ3v) is 2.69. The second kappa shape index (κ2) is 4.58. The molecule has 1 atom stereocenters. The normalized spacial score (nSPS) is 12.5. The van der Waals surface area contributed by atoms with Crippen LogP contribution in [0.2, 0.25) is 5.02 Å². The van der Waals surface area contributed by atoms with Crippen LogP contribution in [-0.4, -0.2) is 9.96 Å². The number of hydrogen-bond donors (Lipinski definition) is 1. The van der Waals surface area contributed by atoms with Crippen molar-refractivity contribution in [2.45, 2.75) is 6.92 Å². The number of anilines is 1. The first-order valence-electron chi connectivity index (χ1n) is 3.73. The highest BCUT2D eigenvalue weighted by Crippen LogP contribution is 2.19. The minimum atomic E-state index is -1.12. The van der Waals surface area contributed by atoms with E-state index in [0.29, 0.717) is 11.4 Å². The van der Waals surface area contributed by atoms with E-state index in [1.165, 1.54) is 18.2 Å². The minimum Gasteiger partial charge on any atom is -0.305 e. The first-order valence-corrected chi connectivity index (χ1v) is 5.43. The van der Waals surface area contributed by atoms with Gasteiger partial charge in [0.05, 0.1) is 5.02 Å². The Hall–Kier alpha value is -0.610. The smallest absolute Gasteiger partial charge is 0.141 e. The fraction of sp³-hybridized carbons (Fsp3) is 0.250. The Balaban J connectivity index is 2.79. The zero-order valence-corrected chi connectivity index (χ0v) is 8.58. The quantitative estimate of drug-likeness (QED) is 0.835. The minimum absolute atomic E-state index is 0.0260. The molecule has 0 aliphatic carbocycles. The Bertz CT molecular complexity index is 332. The van der Waals surface area contributed by atoms with E-state index in [-0.39, 0.29) is 5.02 Å². The lowest BCUT2D eigenvalue weighted by atomic mass is 10.3. The Kier molecular flexibility index (Phi) is 3.69. The lowest BCUT2D eigenvalue weighted by Gasteiger charge is -2.04. The standard InChI is InChI=1S/C8H9ClFNOS/c1-2-13(12)11-6-3-4-8(10)7(9)5-6/h3-5,11H,2H2,1H3. The Labute approximate surface area is 83.7 Å². The highest BCUT2D eigenvalue weighted by atomic mass is 35.5. The van der Waals surface area contributed by atoms with Crippen molar-refractivity contribution in [1.29, 1.82) is 0 Å². The summed E-state index contributed by atoms with van der Waals surface area (Å²) in [4.78, 5) is 0. The second-order valence-corrected chi connectivity index (χ2v) is 4.24. The van der Waals surface area contributed by atoms with Crippen LogP contribution in [0.1, 0.15) is 6.92 Å². The fourth-order valence-corrected chi connectivity index (χ4v) is 1.48. The molecule has 0 saturated heterocycles. The summed E-state index contributed by atoms with van der Waals surface area (Å²) in [5, 5.41) is 0.0260. The van der Waals surface area contributed by atoms with Gasteiger partial charge in [-0.25, -0.2) is 8.60 Å². The van der Waals surface area contributed by atoms with Crippen LogP contribution in [0.5, 0.6) is 0 Å². The first-order chi connectivity index (χ1) is 6.13. The molecule has 0 amide bonds. The molecule has 72 valence electrons. The maximum atomic E-state index is 12.7. The molecule has 0 fully saturated rings. The molecule has 1 aromatic carbocycles. The molecular weight excluding hydrogens is 213 g/mol. The van der Waals surface area contributed by atoms with Gasteiger partial charge < -0.3 is 4.72 Å². The monoisotopic (exact) mass is 221 g/mol. The van der Waals surface area contributed by atoms with Crippen molar-refractivity contribution in [3.63, 3.8) is 0 Å². The first kappa shape index (κ1) is 10.5. The van der Waals surface area contributed by atoms with Gasteiger partial charge in [-0.05, 0) is 18.2 Å². The van der Waals surface area contributed by atoms with Crippen molar-refractivity contribution >= 4 is 28.3 Å². The number of benzene rings is 1. The predicted molar refractivity (Wildman–Crippen MR) is 53.7 cm³/mol. The molecule has 0 saturated carbocycles. The summed E-state index contributed by atoms with van der Waals surface area (Å²) >= 11 is 5.53. The van der Waals surface area contributed by atoms with Crippen LogP contribution >= 0.6 is 11.6 Å². The Morgan fingerprint density at radius 2 is 2.31 bits per heavy atom. The maximum absolute atomic E-state index is 12.7. The molecule has 1 unspecified atom stereocenters. The van der Waals surface area contributed by atoms with Crippen molar-refractivity contribution in [1.82, 2.24) is 0 Å². The molecule has 0 spiro atoms. The maximum Gasteiger partial charge on any atom is 0.141 e. The molecule has 1 rings (SSSR count). The average molecular weight is 222 g/mol. The van der Waals surface area contributed by atoms with Crippen molar-refractivity contribution in [3.05, 3.63) is 29.0 Å². The third kappa shape index (κ3) is 2.97. The van der Waals surface area contributed by atoms with Gasteiger partial charge in [0.15, 0.2) is 0 Å². The molecule has 0 aromatic heterocycles. The Morgan fingerprint density at radius 1 is 1.62 bits per heavy atom. The summed E-state index contributed by atoms with van der Waals surface area (Å²) in [6, 6.07) is 4.14.